The third-order valence-corrected chi connectivity index (χ3v) is 3.25. The van der Waals surface area contributed by atoms with Crippen LogP contribution in [0, 0.1) is 5.82 Å². The number of halogens is 3. The van der Waals surface area contributed by atoms with Gasteiger partial charge in [0, 0.05) is 18.3 Å². The Bertz CT molecular complexity index is 513. The van der Waals surface area contributed by atoms with Crippen molar-refractivity contribution in [1.82, 2.24) is 4.90 Å². The molecule has 0 bridgehead atoms. The zero-order valence-corrected chi connectivity index (χ0v) is 11.1. The van der Waals surface area contributed by atoms with Crippen molar-refractivity contribution in [3.05, 3.63) is 24.0 Å². The van der Waals surface area contributed by atoms with Crippen LogP contribution in [0.4, 0.5) is 23.7 Å². The van der Waals surface area contributed by atoms with E-state index in [-0.39, 0.29) is 18.3 Å². The molecule has 8 heteroatoms. The molecule has 0 saturated carbocycles. The van der Waals surface area contributed by atoms with Crippen molar-refractivity contribution in [1.29, 1.82) is 0 Å². The minimum Gasteiger partial charge on any atom is -0.432 e. The fourth-order valence-electron chi connectivity index (χ4n) is 2.26. The highest BCUT2D eigenvalue weighted by atomic mass is 19.3. The molecular weight excluding hydrogens is 289 g/mol. The second-order valence-corrected chi connectivity index (χ2v) is 4.63. The maximum atomic E-state index is 13.5. The number of nitrogens with one attached hydrogen (secondary N) is 1. The molecule has 1 fully saturated rings. The number of alkyl halides is 2. The van der Waals surface area contributed by atoms with E-state index in [1.54, 1.807) is 0 Å². The number of amides is 2. The molecule has 0 aromatic heterocycles. The lowest BCUT2D eigenvalue weighted by molar-refractivity contribution is -0.0521. The molecule has 1 saturated heterocycles. The SMILES string of the molecule is O=C(Nc1ccc(OC(F)F)c(F)c1)N1CCC[C@H]1CO. The number of aliphatic hydroxyl groups excluding tert-OH is 1. The minimum absolute atomic E-state index is 0.128. The van der Waals surface area contributed by atoms with Gasteiger partial charge in [0.25, 0.3) is 0 Å². The summed E-state index contributed by atoms with van der Waals surface area (Å²) < 4.78 is 41.5. The first-order valence-electron chi connectivity index (χ1n) is 6.44. The molecule has 0 spiro atoms. The molecule has 0 radical (unpaired) electrons. The van der Waals surface area contributed by atoms with Crippen LogP contribution in [0.15, 0.2) is 18.2 Å². The lowest BCUT2D eigenvalue weighted by atomic mass is 10.2. The monoisotopic (exact) mass is 304 g/mol. The maximum absolute atomic E-state index is 13.5. The number of hydrogen-bond acceptors (Lipinski definition) is 3. The molecule has 2 N–H and O–H groups in total. The number of carbonyl (C=O) groups excluding carboxylic acids is 1. The van der Waals surface area contributed by atoms with Crippen molar-refractivity contribution in [2.75, 3.05) is 18.5 Å². The van der Waals surface area contributed by atoms with Crippen molar-refractivity contribution < 1.29 is 27.8 Å². The fraction of sp³-hybridized carbons (Fsp3) is 0.462. The summed E-state index contributed by atoms with van der Waals surface area (Å²) in [6.07, 6.45) is 1.49. The maximum Gasteiger partial charge on any atom is 0.387 e. The summed E-state index contributed by atoms with van der Waals surface area (Å²) in [6.45, 7) is -2.75. The van der Waals surface area contributed by atoms with E-state index in [9.17, 15) is 18.0 Å². The van der Waals surface area contributed by atoms with Crippen molar-refractivity contribution in [2.24, 2.45) is 0 Å². The van der Waals surface area contributed by atoms with E-state index in [1.165, 1.54) is 11.0 Å². The molecule has 21 heavy (non-hydrogen) atoms. The van der Waals surface area contributed by atoms with Crippen molar-refractivity contribution >= 4 is 11.7 Å². The second-order valence-electron chi connectivity index (χ2n) is 4.63. The molecule has 2 amide bonds. The third-order valence-electron chi connectivity index (χ3n) is 3.25. The number of likely N-dealkylation sites (tertiary alicyclic amines) is 1. The van der Waals surface area contributed by atoms with Crippen LogP contribution < -0.4 is 10.1 Å². The molecule has 0 unspecified atom stereocenters. The minimum atomic E-state index is -3.12. The largest absolute Gasteiger partial charge is 0.432 e. The molecule has 0 aliphatic carbocycles. The summed E-state index contributed by atoms with van der Waals surface area (Å²) in [5.41, 5.74) is 0.128. The van der Waals surface area contributed by atoms with Crippen LogP contribution in [0.25, 0.3) is 0 Å². The van der Waals surface area contributed by atoms with Crippen LogP contribution in [-0.4, -0.2) is 41.8 Å². The Labute approximate surface area is 119 Å². The summed E-state index contributed by atoms with van der Waals surface area (Å²) in [6, 6.07) is 2.47. The highest BCUT2D eigenvalue weighted by Crippen LogP contribution is 2.24. The molecule has 1 aromatic carbocycles. The van der Waals surface area contributed by atoms with Crippen molar-refractivity contribution in [2.45, 2.75) is 25.5 Å². The molecule has 116 valence electrons. The van der Waals surface area contributed by atoms with Gasteiger partial charge in [-0.2, -0.15) is 8.78 Å². The average Bonchev–Trinajstić information content (AvgIpc) is 2.90. The molecule has 1 aliphatic heterocycles. The van der Waals surface area contributed by atoms with Crippen LogP contribution in [0.2, 0.25) is 0 Å². The van der Waals surface area contributed by atoms with Gasteiger partial charge in [-0.05, 0) is 25.0 Å². The van der Waals surface area contributed by atoms with E-state index < -0.39 is 24.2 Å². The summed E-state index contributed by atoms with van der Waals surface area (Å²) in [5.74, 6) is -1.58. The highest BCUT2D eigenvalue weighted by Gasteiger charge is 2.28. The number of carbonyl (C=O) groups is 1. The van der Waals surface area contributed by atoms with Gasteiger partial charge >= 0.3 is 12.6 Å². The van der Waals surface area contributed by atoms with E-state index in [1.807, 2.05) is 0 Å². The van der Waals surface area contributed by atoms with E-state index in [0.29, 0.717) is 13.0 Å². The van der Waals surface area contributed by atoms with Crippen molar-refractivity contribution in [3.8, 4) is 5.75 Å². The summed E-state index contributed by atoms with van der Waals surface area (Å²) >= 11 is 0. The topological polar surface area (TPSA) is 61.8 Å². The molecule has 1 aliphatic rings. The zero-order valence-electron chi connectivity index (χ0n) is 11.1. The Morgan fingerprint density at radius 1 is 1.52 bits per heavy atom. The Balaban J connectivity index is 2.02. The first-order chi connectivity index (χ1) is 10.0. The first-order valence-corrected chi connectivity index (χ1v) is 6.44. The van der Waals surface area contributed by atoms with E-state index in [4.69, 9.17) is 5.11 Å². The Morgan fingerprint density at radius 2 is 2.29 bits per heavy atom. The van der Waals surface area contributed by atoms with Crippen molar-refractivity contribution in [3.63, 3.8) is 0 Å². The predicted octanol–water partition coefficient (Wildman–Crippen LogP) is 2.42. The van der Waals surface area contributed by atoms with E-state index in [2.05, 4.69) is 10.1 Å². The molecule has 1 aromatic rings. The summed E-state index contributed by atoms with van der Waals surface area (Å²) in [7, 11) is 0. The van der Waals surface area contributed by atoms with Gasteiger partial charge in [-0.3, -0.25) is 0 Å². The lowest BCUT2D eigenvalue weighted by Gasteiger charge is -2.23. The van der Waals surface area contributed by atoms with Crippen LogP contribution in [0.1, 0.15) is 12.8 Å². The summed E-state index contributed by atoms with van der Waals surface area (Å²) in [4.78, 5) is 13.4. The van der Waals surface area contributed by atoms with Gasteiger partial charge in [-0.25, -0.2) is 9.18 Å². The number of urea groups is 1. The summed E-state index contributed by atoms with van der Waals surface area (Å²) in [5, 5.41) is 11.6. The normalized spacial score (nSPS) is 18.1. The fourth-order valence-corrected chi connectivity index (χ4v) is 2.26. The molecule has 1 atom stereocenters. The number of benzene rings is 1. The Hall–Kier alpha value is -1.96. The number of rotatable bonds is 4. The van der Waals surface area contributed by atoms with Gasteiger partial charge in [0.2, 0.25) is 0 Å². The molecule has 2 rings (SSSR count). The highest BCUT2D eigenvalue weighted by molar-refractivity contribution is 5.89. The van der Waals surface area contributed by atoms with Crippen LogP contribution >= 0.6 is 0 Å². The molecular formula is C13H15F3N2O3. The molecule has 5 nitrogen and oxygen atoms in total. The van der Waals surface area contributed by atoms with Crippen LogP contribution in [-0.2, 0) is 0 Å². The van der Waals surface area contributed by atoms with Gasteiger partial charge in [0.15, 0.2) is 11.6 Å². The number of ether oxygens (including phenoxy) is 1. The van der Waals surface area contributed by atoms with Crippen LogP contribution in [0.5, 0.6) is 5.75 Å². The van der Waals surface area contributed by atoms with E-state index >= 15 is 0 Å². The number of hydrogen-bond donors (Lipinski definition) is 2. The standard InChI is InChI=1S/C13H15F3N2O3/c14-10-6-8(3-4-11(10)21-12(15)16)17-13(20)18-5-1-2-9(18)7-19/h3-4,6,9,12,19H,1-2,5,7H2,(H,17,20)/t9-/m0/s1. The van der Waals surface area contributed by atoms with Gasteiger partial charge in [0.05, 0.1) is 12.6 Å². The lowest BCUT2D eigenvalue weighted by Crippen LogP contribution is -2.40. The number of nitrogens with zero attached hydrogens (tertiary/aromatic N) is 1. The number of aliphatic hydroxyl groups is 1. The predicted molar refractivity (Wildman–Crippen MR) is 68.9 cm³/mol. The molecule has 1 heterocycles. The second kappa shape index (κ2) is 6.66. The first kappa shape index (κ1) is 15.4. The smallest absolute Gasteiger partial charge is 0.387 e. The van der Waals surface area contributed by atoms with E-state index in [0.717, 1.165) is 18.6 Å². The number of anilines is 1. The average molecular weight is 304 g/mol. The Morgan fingerprint density at radius 3 is 2.90 bits per heavy atom. The Kier molecular flexibility index (Phi) is 4.89. The van der Waals surface area contributed by atoms with Gasteiger partial charge in [0.1, 0.15) is 0 Å². The van der Waals surface area contributed by atoms with Gasteiger partial charge < -0.3 is 20.1 Å². The van der Waals surface area contributed by atoms with Crippen LogP contribution in [0.3, 0.4) is 0 Å². The zero-order chi connectivity index (χ0) is 15.4. The van der Waals surface area contributed by atoms with Gasteiger partial charge in [-0.1, -0.05) is 0 Å². The van der Waals surface area contributed by atoms with Gasteiger partial charge in [-0.15, -0.1) is 0 Å². The third kappa shape index (κ3) is 3.78. The quantitative estimate of drug-likeness (QED) is 0.898.